The number of fused-ring (bicyclic) bond motifs is 1. The largest absolute Gasteiger partial charge is 0.395 e. The van der Waals surface area contributed by atoms with Crippen molar-refractivity contribution in [2.75, 3.05) is 25.0 Å². The maximum absolute atomic E-state index is 12.8. The van der Waals surface area contributed by atoms with Crippen molar-refractivity contribution in [3.63, 3.8) is 0 Å². The third-order valence-corrected chi connectivity index (χ3v) is 4.42. The fourth-order valence-electron chi connectivity index (χ4n) is 3.04. The van der Waals surface area contributed by atoms with Crippen LogP contribution in [0.2, 0.25) is 0 Å². The van der Waals surface area contributed by atoms with Crippen LogP contribution < -0.4 is 5.32 Å². The molecule has 0 saturated carbocycles. The van der Waals surface area contributed by atoms with Crippen molar-refractivity contribution in [2.45, 2.75) is 19.3 Å². The summed E-state index contributed by atoms with van der Waals surface area (Å²) in [5.41, 5.74) is 3.52. The van der Waals surface area contributed by atoms with Gasteiger partial charge < -0.3 is 15.3 Å². The minimum absolute atomic E-state index is 0.0105. The molecule has 0 spiro atoms. The van der Waals surface area contributed by atoms with E-state index in [1.807, 2.05) is 36.4 Å². The van der Waals surface area contributed by atoms with Gasteiger partial charge in [-0.3, -0.25) is 9.59 Å². The Morgan fingerprint density at radius 3 is 2.64 bits per heavy atom. The number of aliphatic hydroxyl groups excluding tert-OH is 1. The van der Waals surface area contributed by atoms with Crippen molar-refractivity contribution in [1.82, 2.24) is 4.90 Å². The fraction of sp³-hybridized carbons (Fsp3) is 0.300. The predicted molar refractivity (Wildman–Crippen MR) is 96.5 cm³/mol. The first-order chi connectivity index (χ1) is 12.2. The smallest absolute Gasteiger partial charge is 0.253 e. The molecule has 5 nitrogen and oxygen atoms in total. The lowest BCUT2D eigenvalue weighted by Crippen LogP contribution is -2.35. The van der Waals surface area contributed by atoms with Crippen LogP contribution in [0.5, 0.6) is 0 Å². The van der Waals surface area contributed by atoms with Crippen LogP contribution >= 0.6 is 0 Å². The highest BCUT2D eigenvalue weighted by Crippen LogP contribution is 2.24. The molecule has 2 N–H and O–H groups in total. The molecule has 0 bridgehead atoms. The summed E-state index contributed by atoms with van der Waals surface area (Å²) in [6, 6.07) is 15.4. The summed E-state index contributed by atoms with van der Waals surface area (Å²) in [6.45, 7) is 0.790. The number of nitrogens with one attached hydrogen (secondary N) is 1. The Bertz CT molecular complexity index is 759. The molecule has 1 aliphatic heterocycles. The van der Waals surface area contributed by atoms with Crippen molar-refractivity contribution in [3.8, 4) is 0 Å². The van der Waals surface area contributed by atoms with Gasteiger partial charge in [0.2, 0.25) is 5.91 Å². The van der Waals surface area contributed by atoms with E-state index < -0.39 is 0 Å². The Labute approximate surface area is 147 Å². The van der Waals surface area contributed by atoms with Crippen molar-refractivity contribution in [2.24, 2.45) is 0 Å². The van der Waals surface area contributed by atoms with Gasteiger partial charge in [0.25, 0.3) is 5.91 Å². The summed E-state index contributed by atoms with van der Waals surface area (Å²) in [6.07, 6.45) is 1.83. The number of aryl methyl sites for hydroxylation is 1. The van der Waals surface area contributed by atoms with Gasteiger partial charge in [-0.2, -0.15) is 0 Å². The number of anilines is 1. The van der Waals surface area contributed by atoms with Gasteiger partial charge in [0.05, 0.1) is 6.61 Å². The number of carbonyl (C=O) groups excluding carboxylic acids is 2. The summed E-state index contributed by atoms with van der Waals surface area (Å²) in [4.78, 5) is 26.0. The molecule has 0 aromatic heterocycles. The van der Waals surface area contributed by atoms with E-state index in [-0.39, 0.29) is 18.4 Å². The minimum Gasteiger partial charge on any atom is -0.395 e. The van der Waals surface area contributed by atoms with Gasteiger partial charge in [0.15, 0.2) is 0 Å². The molecule has 0 fully saturated rings. The molecule has 2 amide bonds. The molecule has 2 aromatic carbocycles. The highest BCUT2D eigenvalue weighted by atomic mass is 16.3. The molecule has 1 aliphatic rings. The second-order valence-electron chi connectivity index (χ2n) is 6.17. The Morgan fingerprint density at radius 1 is 1.08 bits per heavy atom. The maximum Gasteiger partial charge on any atom is 0.253 e. The van der Waals surface area contributed by atoms with Crippen LogP contribution in [-0.4, -0.2) is 41.5 Å². The number of rotatable bonds is 6. The standard InChI is InChI=1S/C20H22N2O3/c23-13-12-22(11-10-15-4-2-1-3-5-15)20(25)17-6-8-18-16(14-17)7-9-19(24)21-18/h1-6,8,14,23H,7,9-13H2,(H,21,24). The number of carbonyl (C=O) groups is 2. The van der Waals surface area contributed by atoms with E-state index in [2.05, 4.69) is 5.32 Å². The van der Waals surface area contributed by atoms with Crippen LogP contribution in [-0.2, 0) is 17.6 Å². The van der Waals surface area contributed by atoms with Gasteiger partial charge in [-0.25, -0.2) is 0 Å². The van der Waals surface area contributed by atoms with Crippen LogP contribution in [0, 0.1) is 0 Å². The number of hydrogen-bond acceptors (Lipinski definition) is 3. The van der Waals surface area contributed by atoms with E-state index >= 15 is 0 Å². The van der Waals surface area contributed by atoms with Gasteiger partial charge in [0, 0.05) is 30.8 Å². The molecule has 3 rings (SSSR count). The molecule has 0 aliphatic carbocycles. The Balaban J connectivity index is 1.72. The third-order valence-electron chi connectivity index (χ3n) is 4.42. The third kappa shape index (κ3) is 4.25. The summed E-state index contributed by atoms with van der Waals surface area (Å²) in [5, 5.41) is 12.1. The lowest BCUT2D eigenvalue weighted by molar-refractivity contribution is -0.116. The second kappa shape index (κ2) is 7.94. The van der Waals surface area contributed by atoms with Crippen molar-refractivity contribution < 1.29 is 14.7 Å². The summed E-state index contributed by atoms with van der Waals surface area (Å²) < 4.78 is 0. The molecule has 2 aromatic rings. The first-order valence-corrected chi connectivity index (χ1v) is 8.54. The quantitative estimate of drug-likeness (QED) is 0.849. The highest BCUT2D eigenvalue weighted by Gasteiger charge is 2.19. The average Bonchev–Trinajstić information content (AvgIpc) is 2.65. The zero-order valence-corrected chi connectivity index (χ0v) is 14.1. The molecule has 25 heavy (non-hydrogen) atoms. The summed E-state index contributed by atoms with van der Waals surface area (Å²) in [5.74, 6) is -0.0824. The van der Waals surface area contributed by atoms with Gasteiger partial charge >= 0.3 is 0 Å². The molecule has 0 unspecified atom stereocenters. The Hall–Kier alpha value is -2.66. The molecule has 5 heteroatoms. The summed E-state index contributed by atoms with van der Waals surface area (Å²) >= 11 is 0. The van der Waals surface area contributed by atoms with Crippen LogP contribution in [0.3, 0.4) is 0 Å². The highest BCUT2D eigenvalue weighted by molar-refractivity contribution is 5.98. The van der Waals surface area contributed by atoms with Crippen LogP contribution in [0.4, 0.5) is 5.69 Å². The van der Waals surface area contributed by atoms with Gasteiger partial charge in [-0.1, -0.05) is 30.3 Å². The van der Waals surface area contributed by atoms with Gasteiger partial charge in [-0.05, 0) is 42.2 Å². The monoisotopic (exact) mass is 338 g/mol. The number of benzene rings is 2. The van der Waals surface area contributed by atoms with Crippen LogP contribution in [0.25, 0.3) is 0 Å². The zero-order chi connectivity index (χ0) is 17.6. The van der Waals surface area contributed by atoms with E-state index in [1.165, 1.54) is 0 Å². The van der Waals surface area contributed by atoms with E-state index in [0.29, 0.717) is 31.5 Å². The molecule has 1 heterocycles. The first-order valence-electron chi connectivity index (χ1n) is 8.54. The van der Waals surface area contributed by atoms with E-state index in [1.54, 1.807) is 17.0 Å². The van der Waals surface area contributed by atoms with Gasteiger partial charge in [0.1, 0.15) is 0 Å². The van der Waals surface area contributed by atoms with Crippen LogP contribution in [0.15, 0.2) is 48.5 Å². The predicted octanol–water partition coefficient (Wildman–Crippen LogP) is 2.25. The lowest BCUT2D eigenvalue weighted by atomic mass is 10.00. The SMILES string of the molecule is O=C1CCc2cc(C(=O)N(CCO)CCc3ccccc3)ccc2N1. The topological polar surface area (TPSA) is 69.6 Å². The average molecular weight is 338 g/mol. The van der Waals surface area contributed by atoms with Crippen molar-refractivity contribution >= 4 is 17.5 Å². The summed E-state index contributed by atoms with van der Waals surface area (Å²) in [7, 11) is 0. The molecular formula is C20H22N2O3. The van der Waals surface area contributed by atoms with E-state index in [0.717, 1.165) is 23.2 Å². The van der Waals surface area contributed by atoms with Crippen LogP contribution in [0.1, 0.15) is 27.9 Å². The lowest BCUT2D eigenvalue weighted by Gasteiger charge is -2.23. The number of hydrogen-bond donors (Lipinski definition) is 2. The normalized spacial score (nSPS) is 13.1. The Morgan fingerprint density at radius 2 is 1.88 bits per heavy atom. The molecular weight excluding hydrogens is 316 g/mol. The number of aliphatic hydroxyl groups is 1. The first kappa shape index (κ1) is 17.2. The molecule has 0 radical (unpaired) electrons. The molecule has 0 atom stereocenters. The molecule has 130 valence electrons. The number of nitrogens with zero attached hydrogens (tertiary/aromatic N) is 1. The molecule has 0 saturated heterocycles. The van der Waals surface area contributed by atoms with Crippen molar-refractivity contribution in [1.29, 1.82) is 0 Å². The maximum atomic E-state index is 12.8. The van der Waals surface area contributed by atoms with Crippen molar-refractivity contribution in [3.05, 3.63) is 65.2 Å². The Kier molecular flexibility index (Phi) is 5.46. The van der Waals surface area contributed by atoms with Gasteiger partial charge in [-0.15, -0.1) is 0 Å². The van der Waals surface area contributed by atoms with E-state index in [4.69, 9.17) is 0 Å². The van der Waals surface area contributed by atoms with E-state index in [9.17, 15) is 14.7 Å². The minimum atomic E-state index is -0.0929. The second-order valence-corrected chi connectivity index (χ2v) is 6.17. The number of amides is 2. The zero-order valence-electron chi connectivity index (χ0n) is 14.1. The fourth-order valence-corrected chi connectivity index (χ4v) is 3.04.